The number of carbonyl (C=O) groups excluding carboxylic acids is 1. The van der Waals surface area contributed by atoms with Crippen LogP contribution >= 0.6 is 11.3 Å². The van der Waals surface area contributed by atoms with Crippen LogP contribution in [0.1, 0.15) is 35.9 Å². The van der Waals surface area contributed by atoms with Crippen LogP contribution in [0.3, 0.4) is 0 Å². The van der Waals surface area contributed by atoms with Gasteiger partial charge in [0.15, 0.2) is 5.13 Å². The fourth-order valence-electron chi connectivity index (χ4n) is 2.35. The van der Waals surface area contributed by atoms with E-state index in [1.54, 1.807) is 0 Å². The Balaban J connectivity index is 2.08. The van der Waals surface area contributed by atoms with Gasteiger partial charge in [-0.05, 0) is 18.8 Å². The van der Waals surface area contributed by atoms with Crippen molar-refractivity contribution >= 4 is 28.2 Å². The molecule has 1 saturated heterocycles. The number of hydrogen-bond donors (Lipinski definition) is 1. The maximum atomic E-state index is 12.4. The first kappa shape index (κ1) is 14.1. The van der Waals surface area contributed by atoms with E-state index < -0.39 is 0 Å². The van der Waals surface area contributed by atoms with Crippen molar-refractivity contribution in [1.82, 2.24) is 9.88 Å². The van der Waals surface area contributed by atoms with Crippen molar-refractivity contribution < 1.29 is 4.79 Å². The van der Waals surface area contributed by atoms with Crippen LogP contribution in [0.2, 0.25) is 0 Å². The van der Waals surface area contributed by atoms with Crippen LogP contribution in [0.25, 0.3) is 0 Å². The molecule has 1 aromatic heterocycles. The zero-order chi connectivity index (χ0) is 14.0. The van der Waals surface area contributed by atoms with E-state index in [1.807, 2.05) is 23.9 Å². The Bertz CT molecular complexity index is 449. The molecule has 0 spiro atoms. The molecule has 1 aliphatic rings. The molecule has 1 fully saturated rings. The zero-order valence-corrected chi connectivity index (χ0v) is 12.7. The van der Waals surface area contributed by atoms with Gasteiger partial charge >= 0.3 is 0 Å². The Morgan fingerprint density at radius 1 is 1.47 bits per heavy atom. The van der Waals surface area contributed by atoms with Crippen molar-refractivity contribution in [3.05, 3.63) is 4.88 Å². The summed E-state index contributed by atoms with van der Waals surface area (Å²) < 4.78 is 0. The minimum Gasteiger partial charge on any atom is -0.382 e. The van der Waals surface area contributed by atoms with Crippen LogP contribution in [-0.4, -0.2) is 43.0 Å². The topological polar surface area (TPSA) is 62.5 Å². The molecule has 1 aliphatic heterocycles. The molecule has 1 aromatic rings. The van der Waals surface area contributed by atoms with Crippen molar-refractivity contribution in [2.75, 3.05) is 37.8 Å². The van der Waals surface area contributed by atoms with E-state index >= 15 is 0 Å². The summed E-state index contributed by atoms with van der Waals surface area (Å²) in [6.45, 7) is 3.89. The average Bonchev–Trinajstić information content (AvgIpc) is 2.80. The Labute approximate surface area is 118 Å². The molecule has 6 heteroatoms. The van der Waals surface area contributed by atoms with Gasteiger partial charge in [0.05, 0.1) is 0 Å². The minimum atomic E-state index is 0.0395. The van der Waals surface area contributed by atoms with Crippen LogP contribution in [0.15, 0.2) is 0 Å². The second-order valence-corrected chi connectivity index (χ2v) is 6.23. The van der Waals surface area contributed by atoms with Crippen LogP contribution in [0.5, 0.6) is 0 Å². The number of likely N-dealkylation sites (tertiary alicyclic amines) is 1. The number of nitrogens with zero attached hydrogens (tertiary/aromatic N) is 3. The van der Waals surface area contributed by atoms with E-state index in [1.165, 1.54) is 17.8 Å². The van der Waals surface area contributed by atoms with Gasteiger partial charge in [0.2, 0.25) is 0 Å². The van der Waals surface area contributed by atoms with Gasteiger partial charge in [0, 0.05) is 27.2 Å². The molecule has 106 valence electrons. The maximum Gasteiger partial charge on any atom is 0.267 e. The summed E-state index contributed by atoms with van der Waals surface area (Å²) in [5, 5.41) is 0.782. The molecule has 19 heavy (non-hydrogen) atoms. The van der Waals surface area contributed by atoms with Crippen molar-refractivity contribution in [2.24, 2.45) is 5.92 Å². The van der Waals surface area contributed by atoms with Gasteiger partial charge in [-0.3, -0.25) is 4.79 Å². The molecule has 1 amide bonds. The predicted molar refractivity (Wildman–Crippen MR) is 79.8 cm³/mol. The predicted octanol–water partition coefficient (Wildman–Crippen LogP) is 2.05. The van der Waals surface area contributed by atoms with E-state index in [2.05, 4.69) is 11.9 Å². The van der Waals surface area contributed by atoms with E-state index in [0.29, 0.717) is 10.7 Å². The summed E-state index contributed by atoms with van der Waals surface area (Å²) in [6.07, 6.45) is 3.40. The summed E-state index contributed by atoms with van der Waals surface area (Å²) in [7, 11) is 3.80. The molecule has 2 heterocycles. The van der Waals surface area contributed by atoms with Crippen molar-refractivity contribution in [2.45, 2.75) is 26.2 Å². The first-order valence-corrected chi connectivity index (χ1v) is 7.57. The normalized spacial score (nSPS) is 16.7. The standard InChI is InChI=1S/C13H22N4OS/c1-4-9-5-7-17(8-6-9)12(18)10-11(14)15-13(19-10)16(2)3/h9H,4-8,14H2,1-3H3. The largest absolute Gasteiger partial charge is 0.382 e. The third-order valence-electron chi connectivity index (χ3n) is 3.70. The third-order valence-corrected chi connectivity index (χ3v) is 4.92. The lowest BCUT2D eigenvalue weighted by atomic mass is 9.94. The number of rotatable bonds is 3. The molecule has 0 bridgehead atoms. The highest BCUT2D eigenvalue weighted by atomic mass is 32.1. The second-order valence-electron chi connectivity index (χ2n) is 5.25. The minimum absolute atomic E-state index is 0.0395. The van der Waals surface area contributed by atoms with Crippen LogP contribution in [0.4, 0.5) is 10.9 Å². The molecule has 0 atom stereocenters. The number of piperidine rings is 1. The molecule has 0 saturated carbocycles. The molecular weight excluding hydrogens is 260 g/mol. The van der Waals surface area contributed by atoms with Crippen molar-refractivity contribution in [1.29, 1.82) is 0 Å². The van der Waals surface area contributed by atoms with E-state index in [0.717, 1.165) is 37.0 Å². The summed E-state index contributed by atoms with van der Waals surface area (Å²) in [5.41, 5.74) is 5.87. The Kier molecular flexibility index (Phi) is 4.29. The van der Waals surface area contributed by atoms with Gasteiger partial charge in [0.1, 0.15) is 10.7 Å². The lowest BCUT2D eigenvalue weighted by Crippen LogP contribution is -2.38. The molecular formula is C13H22N4OS. The summed E-state index contributed by atoms with van der Waals surface area (Å²) in [4.78, 5) is 21.1. The lowest BCUT2D eigenvalue weighted by Gasteiger charge is -2.31. The number of hydrogen-bond acceptors (Lipinski definition) is 5. The first-order valence-electron chi connectivity index (χ1n) is 6.75. The number of aromatic nitrogens is 1. The SMILES string of the molecule is CCC1CCN(C(=O)c2sc(N(C)C)nc2N)CC1. The van der Waals surface area contributed by atoms with E-state index in [-0.39, 0.29) is 5.91 Å². The quantitative estimate of drug-likeness (QED) is 0.921. The summed E-state index contributed by atoms with van der Waals surface area (Å²) in [6, 6.07) is 0. The number of amides is 1. The van der Waals surface area contributed by atoms with Gasteiger partial charge in [-0.1, -0.05) is 24.7 Å². The van der Waals surface area contributed by atoms with E-state index in [4.69, 9.17) is 5.73 Å². The third kappa shape index (κ3) is 3.00. The molecule has 0 aliphatic carbocycles. The molecule has 2 rings (SSSR count). The Hall–Kier alpha value is -1.30. The highest BCUT2D eigenvalue weighted by Crippen LogP contribution is 2.29. The Morgan fingerprint density at radius 2 is 2.11 bits per heavy atom. The highest BCUT2D eigenvalue weighted by Gasteiger charge is 2.26. The average molecular weight is 282 g/mol. The number of thiazole rings is 1. The van der Waals surface area contributed by atoms with Gasteiger partial charge in [0.25, 0.3) is 5.91 Å². The van der Waals surface area contributed by atoms with Gasteiger partial charge in [-0.15, -0.1) is 0 Å². The van der Waals surface area contributed by atoms with Gasteiger partial charge in [-0.2, -0.15) is 0 Å². The number of carbonyl (C=O) groups is 1. The monoisotopic (exact) mass is 282 g/mol. The van der Waals surface area contributed by atoms with Crippen LogP contribution < -0.4 is 10.6 Å². The molecule has 0 radical (unpaired) electrons. The fourth-order valence-corrected chi connectivity index (χ4v) is 3.23. The first-order chi connectivity index (χ1) is 9.02. The summed E-state index contributed by atoms with van der Waals surface area (Å²) >= 11 is 1.37. The Morgan fingerprint density at radius 3 is 2.58 bits per heavy atom. The maximum absolute atomic E-state index is 12.4. The molecule has 2 N–H and O–H groups in total. The molecule has 0 aromatic carbocycles. The molecule has 5 nitrogen and oxygen atoms in total. The summed E-state index contributed by atoms with van der Waals surface area (Å²) in [5.74, 6) is 1.16. The van der Waals surface area contributed by atoms with E-state index in [9.17, 15) is 4.79 Å². The van der Waals surface area contributed by atoms with Gasteiger partial charge in [-0.25, -0.2) is 4.98 Å². The van der Waals surface area contributed by atoms with Crippen LogP contribution in [0, 0.1) is 5.92 Å². The highest BCUT2D eigenvalue weighted by molar-refractivity contribution is 7.18. The fraction of sp³-hybridized carbons (Fsp3) is 0.692. The smallest absolute Gasteiger partial charge is 0.267 e. The second kappa shape index (κ2) is 5.77. The number of nitrogens with two attached hydrogens (primary N) is 1. The number of nitrogen functional groups attached to an aromatic ring is 1. The lowest BCUT2D eigenvalue weighted by molar-refractivity contribution is 0.0694. The van der Waals surface area contributed by atoms with Crippen molar-refractivity contribution in [3.63, 3.8) is 0 Å². The van der Waals surface area contributed by atoms with Crippen LogP contribution in [-0.2, 0) is 0 Å². The van der Waals surface area contributed by atoms with Gasteiger partial charge < -0.3 is 15.5 Å². The number of anilines is 2. The molecule has 0 unspecified atom stereocenters. The zero-order valence-electron chi connectivity index (χ0n) is 11.8. The van der Waals surface area contributed by atoms with Crippen molar-refractivity contribution in [3.8, 4) is 0 Å².